The lowest BCUT2D eigenvalue weighted by atomic mass is 10.2. The second-order valence-corrected chi connectivity index (χ2v) is 7.59. The average molecular weight is 448 g/mol. The van der Waals surface area contributed by atoms with Crippen molar-refractivity contribution in [2.45, 2.75) is 25.9 Å². The van der Waals surface area contributed by atoms with Crippen LogP contribution in [-0.2, 0) is 13.1 Å². The van der Waals surface area contributed by atoms with E-state index >= 15 is 0 Å². The van der Waals surface area contributed by atoms with Crippen LogP contribution in [0.2, 0.25) is 0 Å². The number of benzene rings is 3. The van der Waals surface area contributed by atoms with Gasteiger partial charge in [-0.05, 0) is 73.5 Å². The van der Waals surface area contributed by atoms with Gasteiger partial charge < -0.3 is 19.4 Å². The Hall–Kier alpha value is -3.87. The first-order chi connectivity index (χ1) is 16.1. The number of carbonyl (C=O) groups excluding carboxylic acids is 1. The fraction of sp³-hybridized carbons (Fsp3) is 0.231. The van der Waals surface area contributed by atoms with Crippen LogP contribution < -0.4 is 14.8 Å². The Morgan fingerprint density at radius 1 is 0.970 bits per heavy atom. The van der Waals surface area contributed by atoms with Crippen LogP contribution in [0.4, 0.5) is 4.39 Å². The monoisotopic (exact) mass is 447 g/mol. The molecule has 4 aromatic rings. The summed E-state index contributed by atoms with van der Waals surface area (Å²) in [5.74, 6) is 1.76. The number of hydrogen-bond donors (Lipinski definition) is 1. The highest BCUT2D eigenvalue weighted by molar-refractivity contribution is 5.94. The summed E-state index contributed by atoms with van der Waals surface area (Å²) in [6.07, 6.45) is 1.77. The van der Waals surface area contributed by atoms with Crippen LogP contribution in [0.1, 0.15) is 29.0 Å². The van der Waals surface area contributed by atoms with Gasteiger partial charge in [-0.1, -0.05) is 12.1 Å². The van der Waals surface area contributed by atoms with Gasteiger partial charge in [0.05, 0.1) is 31.3 Å². The van der Waals surface area contributed by atoms with Crippen molar-refractivity contribution in [2.24, 2.45) is 0 Å². The smallest absolute Gasteiger partial charge is 0.251 e. The van der Waals surface area contributed by atoms with Crippen molar-refractivity contribution in [2.75, 3.05) is 13.7 Å². The van der Waals surface area contributed by atoms with Gasteiger partial charge in [-0.15, -0.1) is 0 Å². The topological polar surface area (TPSA) is 65.4 Å². The fourth-order valence-corrected chi connectivity index (χ4v) is 3.61. The highest BCUT2D eigenvalue weighted by atomic mass is 19.1. The van der Waals surface area contributed by atoms with Crippen molar-refractivity contribution in [1.29, 1.82) is 0 Å². The second-order valence-electron chi connectivity index (χ2n) is 7.59. The number of imidazole rings is 1. The predicted molar refractivity (Wildman–Crippen MR) is 125 cm³/mol. The molecule has 0 aliphatic carbocycles. The molecule has 1 amide bonds. The quantitative estimate of drug-likeness (QED) is 0.349. The molecule has 6 nitrogen and oxygen atoms in total. The summed E-state index contributed by atoms with van der Waals surface area (Å²) < 4.78 is 26.2. The van der Waals surface area contributed by atoms with E-state index in [1.165, 1.54) is 24.3 Å². The number of fused-ring (bicyclic) bond motifs is 1. The third kappa shape index (κ3) is 5.68. The number of nitrogens with zero attached hydrogens (tertiary/aromatic N) is 2. The first-order valence-corrected chi connectivity index (χ1v) is 10.9. The maximum atomic E-state index is 13.1. The Morgan fingerprint density at radius 2 is 1.70 bits per heavy atom. The van der Waals surface area contributed by atoms with Crippen LogP contribution in [0.3, 0.4) is 0 Å². The zero-order chi connectivity index (χ0) is 23.0. The minimum absolute atomic E-state index is 0.263. The molecule has 0 saturated heterocycles. The minimum Gasteiger partial charge on any atom is -0.497 e. The molecular formula is C26H26FN3O3. The molecule has 0 fully saturated rings. The number of hydrogen-bond acceptors (Lipinski definition) is 4. The first-order valence-electron chi connectivity index (χ1n) is 10.9. The van der Waals surface area contributed by atoms with Crippen LogP contribution in [0.15, 0.2) is 72.8 Å². The zero-order valence-electron chi connectivity index (χ0n) is 18.5. The number of methoxy groups -OCH3 is 1. The molecule has 0 radical (unpaired) electrons. The molecule has 0 bridgehead atoms. The minimum atomic E-state index is -0.371. The van der Waals surface area contributed by atoms with Crippen LogP contribution >= 0.6 is 0 Å². The number of para-hydroxylation sites is 2. The standard InChI is InChI=1S/C26H26FN3O3/c1-32-21-12-14-22(15-13-21)33-17-5-4-16-30-24-7-3-2-6-23(24)29-25(30)18-28-26(31)19-8-10-20(27)11-9-19/h2-3,6-15H,4-5,16-18H2,1H3,(H,28,31). The number of aryl methyl sites for hydroxylation is 1. The van der Waals surface area contributed by atoms with E-state index in [0.717, 1.165) is 47.7 Å². The molecule has 170 valence electrons. The van der Waals surface area contributed by atoms with Crippen LogP contribution in [0.5, 0.6) is 11.5 Å². The summed E-state index contributed by atoms with van der Waals surface area (Å²) in [7, 11) is 1.64. The molecule has 0 spiro atoms. The van der Waals surface area contributed by atoms with Gasteiger partial charge in [0, 0.05) is 12.1 Å². The summed E-state index contributed by atoms with van der Waals surface area (Å²) in [6.45, 7) is 1.65. The molecular weight excluding hydrogens is 421 g/mol. The number of unbranched alkanes of at least 4 members (excludes halogenated alkanes) is 1. The molecule has 0 aliphatic rings. The van der Waals surface area contributed by atoms with Gasteiger partial charge in [-0.3, -0.25) is 4.79 Å². The van der Waals surface area contributed by atoms with Gasteiger partial charge in [-0.2, -0.15) is 0 Å². The third-order valence-electron chi connectivity index (χ3n) is 5.35. The Labute approximate surface area is 192 Å². The molecule has 0 unspecified atom stereocenters. The van der Waals surface area contributed by atoms with Crippen molar-refractivity contribution in [3.63, 3.8) is 0 Å². The van der Waals surface area contributed by atoms with Crippen molar-refractivity contribution < 1.29 is 18.7 Å². The van der Waals surface area contributed by atoms with Gasteiger partial charge >= 0.3 is 0 Å². The third-order valence-corrected chi connectivity index (χ3v) is 5.35. The van der Waals surface area contributed by atoms with Crippen molar-refractivity contribution >= 4 is 16.9 Å². The van der Waals surface area contributed by atoms with Crippen molar-refractivity contribution in [3.05, 3.63) is 90.0 Å². The number of ether oxygens (including phenoxy) is 2. The summed E-state index contributed by atoms with van der Waals surface area (Å²) in [6, 6.07) is 20.9. The van der Waals surface area contributed by atoms with Gasteiger partial charge in [0.25, 0.3) is 5.91 Å². The van der Waals surface area contributed by atoms with E-state index in [4.69, 9.17) is 14.5 Å². The lowest BCUT2D eigenvalue weighted by Crippen LogP contribution is -2.24. The maximum Gasteiger partial charge on any atom is 0.251 e. The maximum absolute atomic E-state index is 13.1. The molecule has 0 atom stereocenters. The van der Waals surface area contributed by atoms with Crippen LogP contribution in [-0.4, -0.2) is 29.2 Å². The number of halogens is 1. The molecule has 0 saturated carbocycles. The number of rotatable bonds is 10. The van der Waals surface area contributed by atoms with Crippen LogP contribution in [0.25, 0.3) is 11.0 Å². The van der Waals surface area contributed by atoms with E-state index in [2.05, 4.69) is 9.88 Å². The molecule has 7 heteroatoms. The zero-order valence-corrected chi connectivity index (χ0v) is 18.5. The average Bonchev–Trinajstić information content (AvgIpc) is 3.20. The van der Waals surface area contributed by atoms with Gasteiger partial charge in [0.15, 0.2) is 0 Å². The van der Waals surface area contributed by atoms with E-state index in [-0.39, 0.29) is 18.3 Å². The lowest BCUT2D eigenvalue weighted by molar-refractivity contribution is 0.0949. The summed E-state index contributed by atoms with van der Waals surface area (Å²) >= 11 is 0. The summed E-state index contributed by atoms with van der Waals surface area (Å²) in [4.78, 5) is 17.1. The predicted octanol–water partition coefficient (Wildman–Crippen LogP) is 4.97. The van der Waals surface area contributed by atoms with E-state index < -0.39 is 0 Å². The van der Waals surface area contributed by atoms with Gasteiger partial charge in [-0.25, -0.2) is 9.37 Å². The van der Waals surface area contributed by atoms with E-state index in [1.807, 2.05) is 48.5 Å². The fourth-order valence-electron chi connectivity index (χ4n) is 3.61. The first kappa shape index (κ1) is 22.3. The highest BCUT2D eigenvalue weighted by Gasteiger charge is 2.12. The molecule has 1 N–H and O–H groups in total. The summed E-state index contributed by atoms with van der Waals surface area (Å²) in [5.41, 5.74) is 2.33. The SMILES string of the molecule is COc1ccc(OCCCCn2c(CNC(=O)c3ccc(F)cc3)nc3ccccc32)cc1. The molecule has 1 aromatic heterocycles. The second kappa shape index (κ2) is 10.6. The molecule has 4 rings (SSSR count). The Bertz CT molecular complexity index is 1200. The number of aromatic nitrogens is 2. The Morgan fingerprint density at radius 3 is 2.45 bits per heavy atom. The molecule has 0 aliphatic heterocycles. The number of nitrogens with one attached hydrogen (secondary N) is 1. The van der Waals surface area contributed by atoms with Gasteiger partial charge in [0.1, 0.15) is 23.1 Å². The Balaban J connectivity index is 1.35. The van der Waals surface area contributed by atoms with Crippen molar-refractivity contribution in [1.82, 2.24) is 14.9 Å². The Kier molecular flexibility index (Phi) is 7.19. The highest BCUT2D eigenvalue weighted by Crippen LogP contribution is 2.19. The molecule has 33 heavy (non-hydrogen) atoms. The summed E-state index contributed by atoms with van der Waals surface area (Å²) in [5, 5.41) is 2.89. The van der Waals surface area contributed by atoms with Crippen molar-refractivity contribution in [3.8, 4) is 11.5 Å². The van der Waals surface area contributed by atoms with E-state index in [1.54, 1.807) is 7.11 Å². The number of carbonyl (C=O) groups is 1. The molecule has 1 heterocycles. The van der Waals surface area contributed by atoms with E-state index in [9.17, 15) is 9.18 Å². The largest absolute Gasteiger partial charge is 0.497 e. The van der Waals surface area contributed by atoms with Gasteiger partial charge in [0.2, 0.25) is 0 Å². The van der Waals surface area contributed by atoms with Crippen LogP contribution in [0, 0.1) is 5.82 Å². The number of amides is 1. The lowest BCUT2D eigenvalue weighted by Gasteiger charge is -2.11. The molecule has 3 aromatic carbocycles. The normalized spacial score (nSPS) is 10.8. The van der Waals surface area contributed by atoms with E-state index in [0.29, 0.717) is 12.2 Å².